The zero-order chi connectivity index (χ0) is 18.0. The van der Waals surface area contributed by atoms with Crippen LogP contribution in [0, 0.1) is 0 Å². The number of hydrogen-bond donors (Lipinski definition) is 1. The molecule has 0 amide bonds. The lowest BCUT2D eigenvalue weighted by Gasteiger charge is -2.19. The van der Waals surface area contributed by atoms with Gasteiger partial charge in [0.1, 0.15) is 0 Å². The second-order valence-electron chi connectivity index (χ2n) is 7.16. The van der Waals surface area contributed by atoms with Crippen molar-refractivity contribution in [2.45, 2.75) is 33.1 Å². The first-order valence-corrected chi connectivity index (χ1v) is 8.68. The summed E-state index contributed by atoms with van der Waals surface area (Å²) in [5.41, 5.74) is 8.41. The van der Waals surface area contributed by atoms with Crippen molar-refractivity contribution in [2.24, 2.45) is 5.10 Å². The van der Waals surface area contributed by atoms with Crippen LogP contribution in [0.25, 0.3) is 10.9 Å². The van der Waals surface area contributed by atoms with Gasteiger partial charge in [0, 0.05) is 16.6 Å². The first-order valence-electron chi connectivity index (χ1n) is 8.30. The van der Waals surface area contributed by atoms with Crippen LogP contribution in [0.1, 0.15) is 38.8 Å². The monoisotopic (exact) mass is 351 g/mol. The summed E-state index contributed by atoms with van der Waals surface area (Å²) in [6, 6.07) is 16.1. The van der Waals surface area contributed by atoms with E-state index in [9.17, 15) is 0 Å². The third kappa shape index (κ3) is 3.99. The number of nitrogens with zero attached hydrogens (tertiary/aromatic N) is 2. The van der Waals surface area contributed by atoms with Crippen molar-refractivity contribution in [2.75, 3.05) is 5.43 Å². The average Bonchev–Trinajstić information content (AvgIpc) is 2.58. The van der Waals surface area contributed by atoms with Crippen molar-refractivity contribution in [3.63, 3.8) is 0 Å². The fraction of sp³-hybridized carbons (Fsp3) is 0.238. The summed E-state index contributed by atoms with van der Waals surface area (Å²) >= 11 is 6.04. The standard InChI is InChI=1S/C21H22ClN3/c1-14(15-5-7-16(8-6-15)21(2,3)4)24-25-19-11-12-23-20-13-17(22)9-10-18(19)20/h5-13H,1-4H3,(H,23,25). The summed E-state index contributed by atoms with van der Waals surface area (Å²) in [7, 11) is 0. The van der Waals surface area contributed by atoms with Crippen molar-refractivity contribution >= 4 is 33.9 Å². The molecule has 1 N–H and O–H groups in total. The largest absolute Gasteiger partial charge is 0.277 e. The maximum Gasteiger partial charge on any atom is 0.0738 e. The smallest absolute Gasteiger partial charge is 0.0738 e. The minimum absolute atomic E-state index is 0.152. The summed E-state index contributed by atoms with van der Waals surface area (Å²) < 4.78 is 0. The predicted octanol–water partition coefficient (Wildman–Crippen LogP) is 6.02. The molecule has 0 unspecified atom stereocenters. The fourth-order valence-corrected chi connectivity index (χ4v) is 2.81. The Balaban J connectivity index is 1.84. The molecule has 1 aromatic heterocycles. The molecule has 0 saturated heterocycles. The van der Waals surface area contributed by atoms with Crippen LogP contribution in [-0.2, 0) is 5.41 Å². The van der Waals surface area contributed by atoms with Crippen molar-refractivity contribution < 1.29 is 0 Å². The highest BCUT2D eigenvalue weighted by atomic mass is 35.5. The van der Waals surface area contributed by atoms with Crippen LogP contribution in [0.15, 0.2) is 59.8 Å². The topological polar surface area (TPSA) is 37.3 Å². The summed E-state index contributed by atoms with van der Waals surface area (Å²) in [5.74, 6) is 0. The molecule has 3 aromatic rings. The van der Waals surface area contributed by atoms with Gasteiger partial charge >= 0.3 is 0 Å². The Morgan fingerprint density at radius 1 is 1.04 bits per heavy atom. The molecule has 128 valence electrons. The van der Waals surface area contributed by atoms with Crippen molar-refractivity contribution in [1.29, 1.82) is 0 Å². The highest BCUT2D eigenvalue weighted by Crippen LogP contribution is 2.25. The van der Waals surface area contributed by atoms with Gasteiger partial charge in [-0.25, -0.2) is 0 Å². The number of anilines is 1. The molecule has 2 aromatic carbocycles. The number of hydrazone groups is 1. The molecule has 3 nitrogen and oxygen atoms in total. The Kier molecular flexibility index (Phi) is 4.78. The Morgan fingerprint density at radius 2 is 1.76 bits per heavy atom. The molecule has 0 fully saturated rings. The Morgan fingerprint density at radius 3 is 2.44 bits per heavy atom. The maximum atomic E-state index is 6.04. The minimum Gasteiger partial charge on any atom is -0.277 e. The van der Waals surface area contributed by atoms with Crippen LogP contribution in [0.2, 0.25) is 5.02 Å². The number of hydrogen-bond acceptors (Lipinski definition) is 3. The Bertz CT molecular complexity index is 922. The third-order valence-corrected chi connectivity index (χ3v) is 4.45. The zero-order valence-electron chi connectivity index (χ0n) is 15.0. The van der Waals surface area contributed by atoms with Gasteiger partial charge in [-0.3, -0.25) is 10.4 Å². The van der Waals surface area contributed by atoms with E-state index in [4.69, 9.17) is 11.6 Å². The van der Waals surface area contributed by atoms with Crippen LogP contribution < -0.4 is 5.43 Å². The van der Waals surface area contributed by atoms with E-state index >= 15 is 0 Å². The van der Waals surface area contributed by atoms with E-state index in [-0.39, 0.29) is 5.41 Å². The second kappa shape index (κ2) is 6.85. The van der Waals surface area contributed by atoms with Crippen LogP contribution in [-0.4, -0.2) is 10.7 Å². The van der Waals surface area contributed by atoms with Crippen LogP contribution in [0.3, 0.4) is 0 Å². The lowest BCUT2D eigenvalue weighted by molar-refractivity contribution is 0.590. The molecule has 0 aliphatic carbocycles. The van der Waals surface area contributed by atoms with Crippen LogP contribution >= 0.6 is 11.6 Å². The lowest BCUT2D eigenvalue weighted by atomic mass is 9.86. The van der Waals surface area contributed by atoms with Gasteiger partial charge in [-0.05, 0) is 47.7 Å². The normalized spacial score (nSPS) is 12.4. The first kappa shape index (κ1) is 17.4. The second-order valence-corrected chi connectivity index (χ2v) is 7.59. The van der Waals surface area contributed by atoms with E-state index in [0.29, 0.717) is 5.02 Å². The molecule has 0 spiro atoms. The average molecular weight is 352 g/mol. The third-order valence-electron chi connectivity index (χ3n) is 4.22. The lowest BCUT2D eigenvalue weighted by Crippen LogP contribution is -2.11. The number of pyridine rings is 1. The minimum atomic E-state index is 0.152. The van der Waals surface area contributed by atoms with E-state index in [1.807, 2.05) is 31.2 Å². The van der Waals surface area contributed by atoms with Gasteiger partial charge in [-0.1, -0.05) is 56.6 Å². The fourth-order valence-electron chi connectivity index (χ4n) is 2.64. The predicted molar refractivity (Wildman–Crippen MR) is 108 cm³/mol. The molecule has 0 saturated carbocycles. The van der Waals surface area contributed by atoms with Crippen molar-refractivity contribution in [3.05, 3.63) is 70.9 Å². The van der Waals surface area contributed by atoms with Crippen LogP contribution in [0.5, 0.6) is 0 Å². The van der Waals surface area contributed by atoms with Gasteiger partial charge in [-0.2, -0.15) is 5.10 Å². The van der Waals surface area contributed by atoms with Gasteiger partial charge in [0.05, 0.1) is 16.9 Å². The van der Waals surface area contributed by atoms with Gasteiger partial charge in [0.15, 0.2) is 0 Å². The maximum absolute atomic E-state index is 6.04. The zero-order valence-corrected chi connectivity index (χ0v) is 15.7. The number of fused-ring (bicyclic) bond motifs is 1. The van der Waals surface area contributed by atoms with Gasteiger partial charge in [0.25, 0.3) is 0 Å². The Hall–Kier alpha value is -2.39. The molecule has 1 heterocycles. The van der Waals surface area contributed by atoms with Gasteiger partial charge in [-0.15, -0.1) is 0 Å². The molecule has 0 aliphatic heterocycles. The summed E-state index contributed by atoms with van der Waals surface area (Å²) in [4.78, 5) is 4.35. The van der Waals surface area contributed by atoms with Crippen molar-refractivity contribution in [1.82, 2.24) is 4.98 Å². The molecular formula is C21H22ClN3. The molecule has 3 rings (SSSR count). The summed E-state index contributed by atoms with van der Waals surface area (Å²) in [5, 5.41) is 6.20. The molecular weight excluding hydrogens is 330 g/mol. The highest BCUT2D eigenvalue weighted by Gasteiger charge is 2.13. The number of nitrogens with one attached hydrogen (secondary N) is 1. The molecule has 0 bridgehead atoms. The van der Waals surface area contributed by atoms with E-state index in [2.05, 4.69) is 60.5 Å². The molecule has 0 aliphatic rings. The highest BCUT2D eigenvalue weighted by molar-refractivity contribution is 6.31. The van der Waals surface area contributed by atoms with E-state index in [1.165, 1.54) is 5.56 Å². The molecule has 25 heavy (non-hydrogen) atoms. The molecule has 4 heteroatoms. The summed E-state index contributed by atoms with van der Waals surface area (Å²) in [6.07, 6.45) is 1.75. The Labute approximate surface area is 153 Å². The molecule has 0 atom stereocenters. The quantitative estimate of drug-likeness (QED) is 0.462. The first-order chi connectivity index (χ1) is 11.8. The number of benzene rings is 2. The van der Waals surface area contributed by atoms with Crippen molar-refractivity contribution in [3.8, 4) is 0 Å². The number of aromatic nitrogens is 1. The number of halogens is 1. The number of rotatable bonds is 3. The SMILES string of the molecule is CC(=NNc1ccnc2cc(Cl)ccc12)c1ccc(C(C)(C)C)cc1. The summed E-state index contributed by atoms with van der Waals surface area (Å²) in [6.45, 7) is 8.64. The molecule has 0 radical (unpaired) electrons. The van der Waals surface area contributed by atoms with Gasteiger partial charge in [0.2, 0.25) is 0 Å². The van der Waals surface area contributed by atoms with E-state index in [0.717, 1.165) is 27.9 Å². The van der Waals surface area contributed by atoms with Crippen LogP contribution in [0.4, 0.5) is 5.69 Å². The van der Waals surface area contributed by atoms with Gasteiger partial charge < -0.3 is 0 Å². The van der Waals surface area contributed by atoms with E-state index in [1.54, 1.807) is 6.20 Å². The van der Waals surface area contributed by atoms with E-state index < -0.39 is 0 Å².